The van der Waals surface area contributed by atoms with Crippen LogP contribution in [0.2, 0.25) is 0 Å². The van der Waals surface area contributed by atoms with Crippen molar-refractivity contribution in [2.45, 2.75) is 31.0 Å². The van der Waals surface area contributed by atoms with E-state index in [2.05, 4.69) is 15.3 Å². The number of anilines is 1. The van der Waals surface area contributed by atoms with E-state index in [0.29, 0.717) is 11.2 Å². The van der Waals surface area contributed by atoms with Gasteiger partial charge in [-0.1, -0.05) is 0 Å². The predicted molar refractivity (Wildman–Crippen MR) is 55.7 cm³/mol. The number of aromatic nitrogens is 2. The van der Waals surface area contributed by atoms with Crippen molar-refractivity contribution < 1.29 is 4.21 Å². The molecule has 1 aliphatic carbocycles. The average Bonchev–Trinajstić information content (AvgIpc) is 2.92. The highest BCUT2D eigenvalue weighted by atomic mass is 32.2. The Labute approximate surface area is 85.6 Å². The van der Waals surface area contributed by atoms with Gasteiger partial charge in [-0.15, -0.1) is 0 Å². The molecule has 14 heavy (non-hydrogen) atoms. The highest BCUT2D eigenvalue weighted by Crippen LogP contribution is 2.25. The maximum absolute atomic E-state index is 11.2. The number of nitrogens with zero attached hydrogens (tertiary/aromatic N) is 2. The van der Waals surface area contributed by atoms with E-state index >= 15 is 0 Å². The Morgan fingerprint density at radius 2 is 2.29 bits per heavy atom. The molecule has 5 heteroatoms. The van der Waals surface area contributed by atoms with Gasteiger partial charge in [-0.3, -0.25) is 4.21 Å². The predicted octanol–water partition coefficient (Wildman–Crippen LogP) is 1.10. The van der Waals surface area contributed by atoms with E-state index in [1.807, 2.05) is 6.92 Å². The van der Waals surface area contributed by atoms with Crippen LogP contribution in [0.1, 0.15) is 18.4 Å². The molecule has 1 saturated carbocycles. The van der Waals surface area contributed by atoms with Crippen molar-refractivity contribution in [2.24, 2.45) is 0 Å². The second kappa shape index (κ2) is 3.65. The molecule has 2 rings (SSSR count). The van der Waals surface area contributed by atoms with Crippen LogP contribution < -0.4 is 5.32 Å². The number of hydrogen-bond acceptors (Lipinski definition) is 4. The van der Waals surface area contributed by atoms with Crippen molar-refractivity contribution >= 4 is 16.6 Å². The van der Waals surface area contributed by atoms with Gasteiger partial charge in [0.15, 0.2) is 0 Å². The smallest absolute Gasteiger partial charge is 0.220 e. The maximum atomic E-state index is 11.2. The van der Waals surface area contributed by atoms with Crippen molar-refractivity contribution in [3.05, 3.63) is 11.8 Å². The van der Waals surface area contributed by atoms with Gasteiger partial charge in [0.1, 0.15) is 5.82 Å². The molecule has 0 aromatic carbocycles. The molecule has 1 aromatic heterocycles. The zero-order valence-corrected chi connectivity index (χ0v) is 9.10. The summed E-state index contributed by atoms with van der Waals surface area (Å²) in [5.74, 6) is 0.827. The van der Waals surface area contributed by atoms with E-state index in [-0.39, 0.29) is 0 Å². The van der Waals surface area contributed by atoms with Gasteiger partial charge in [0.05, 0.1) is 10.8 Å². The van der Waals surface area contributed by atoms with E-state index in [0.717, 1.165) is 11.4 Å². The largest absolute Gasteiger partial charge is 0.367 e. The molecule has 0 bridgehead atoms. The summed E-state index contributed by atoms with van der Waals surface area (Å²) >= 11 is 0. The normalized spacial score (nSPS) is 17.9. The Balaban J connectivity index is 2.26. The molecule has 0 saturated heterocycles. The lowest BCUT2D eigenvalue weighted by molar-refractivity contribution is 0.679. The molecule has 1 N–H and O–H groups in total. The third-order valence-electron chi connectivity index (χ3n) is 2.12. The number of rotatable bonds is 3. The molecule has 0 amide bonds. The molecule has 0 spiro atoms. The fourth-order valence-corrected chi connectivity index (χ4v) is 1.55. The molecule has 1 atom stereocenters. The van der Waals surface area contributed by atoms with Gasteiger partial charge < -0.3 is 5.32 Å². The number of aryl methyl sites for hydroxylation is 1. The zero-order chi connectivity index (χ0) is 10.1. The van der Waals surface area contributed by atoms with Crippen LogP contribution in [0.4, 0.5) is 5.82 Å². The maximum Gasteiger partial charge on any atom is 0.220 e. The number of nitrogens with one attached hydrogen (secondary N) is 1. The first-order valence-corrected chi connectivity index (χ1v) is 6.16. The summed E-state index contributed by atoms with van der Waals surface area (Å²) in [7, 11) is -1.10. The second-order valence-corrected chi connectivity index (χ2v) is 4.83. The Kier molecular flexibility index (Phi) is 2.50. The van der Waals surface area contributed by atoms with E-state index in [9.17, 15) is 4.21 Å². The van der Waals surface area contributed by atoms with Crippen LogP contribution in [0.5, 0.6) is 0 Å². The van der Waals surface area contributed by atoms with Crippen LogP contribution in [0, 0.1) is 6.92 Å². The van der Waals surface area contributed by atoms with Gasteiger partial charge in [0, 0.05) is 24.1 Å². The van der Waals surface area contributed by atoms with E-state index in [4.69, 9.17) is 0 Å². The lowest BCUT2D eigenvalue weighted by Gasteiger charge is -2.07. The molecule has 1 aromatic rings. The first-order valence-electron chi connectivity index (χ1n) is 4.60. The lowest BCUT2D eigenvalue weighted by atomic mass is 10.3. The van der Waals surface area contributed by atoms with Gasteiger partial charge in [-0.25, -0.2) is 9.97 Å². The second-order valence-electron chi connectivity index (χ2n) is 3.56. The van der Waals surface area contributed by atoms with Crippen LogP contribution >= 0.6 is 0 Å². The van der Waals surface area contributed by atoms with E-state index in [1.165, 1.54) is 12.8 Å². The highest BCUT2D eigenvalue weighted by Gasteiger charge is 2.22. The minimum absolute atomic E-state index is 0.402. The monoisotopic (exact) mass is 211 g/mol. The standard InChI is InChI=1S/C9H13N3OS/c1-6-5-10-9(14(2)13)12-8(6)11-7-3-4-7/h5,7H,3-4H2,1-2H3,(H,10,11,12). The zero-order valence-electron chi connectivity index (χ0n) is 8.28. The Bertz CT molecular complexity index is 376. The summed E-state index contributed by atoms with van der Waals surface area (Å²) in [6.45, 7) is 1.95. The molecule has 1 heterocycles. The fourth-order valence-electron chi connectivity index (χ4n) is 1.13. The van der Waals surface area contributed by atoms with Crippen LogP contribution in [0.3, 0.4) is 0 Å². The SMILES string of the molecule is Cc1cnc(S(C)=O)nc1NC1CC1. The van der Waals surface area contributed by atoms with E-state index in [1.54, 1.807) is 12.5 Å². The molecule has 76 valence electrons. The first kappa shape index (κ1) is 9.58. The third-order valence-corrected chi connectivity index (χ3v) is 2.84. The van der Waals surface area contributed by atoms with Crippen LogP contribution in [0.15, 0.2) is 11.4 Å². The van der Waals surface area contributed by atoms with Crippen molar-refractivity contribution in [3.8, 4) is 0 Å². The topological polar surface area (TPSA) is 54.9 Å². The quantitative estimate of drug-likeness (QED) is 0.761. The Morgan fingerprint density at radius 1 is 1.57 bits per heavy atom. The van der Waals surface area contributed by atoms with Gasteiger partial charge in [-0.05, 0) is 19.8 Å². The number of hydrogen-bond donors (Lipinski definition) is 1. The summed E-state index contributed by atoms with van der Waals surface area (Å²) in [6.07, 6.45) is 5.71. The summed E-state index contributed by atoms with van der Waals surface area (Å²) < 4.78 is 11.2. The molecular formula is C9H13N3OS. The average molecular weight is 211 g/mol. The lowest BCUT2D eigenvalue weighted by Crippen LogP contribution is -2.08. The van der Waals surface area contributed by atoms with Crippen molar-refractivity contribution in [1.82, 2.24) is 9.97 Å². The first-order chi connectivity index (χ1) is 6.66. The molecule has 1 unspecified atom stereocenters. The summed E-state index contributed by atoms with van der Waals surface area (Å²) in [4.78, 5) is 8.24. The van der Waals surface area contributed by atoms with Gasteiger partial charge in [0.25, 0.3) is 0 Å². The van der Waals surface area contributed by atoms with Crippen LogP contribution in [-0.2, 0) is 10.8 Å². The van der Waals surface area contributed by atoms with Crippen LogP contribution in [-0.4, -0.2) is 26.5 Å². The van der Waals surface area contributed by atoms with Gasteiger partial charge in [-0.2, -0.15) is 0 Å². The van der Waals surface area contributed by atoms with Crippen molar-refractivity contribution in [2.75, 3.05) is 11.6 Å². The summed E-state index contributed by atoms with van der Waals surface area (Å²) in [5.41, 5.74) is 1.01. The minimum Gasteiger partial charge on any atom is -0.367 e. The third kappa shape index (κ3) is 2.09. The molecule has 1 fully saturated rings. The summed E-state index contributed by atoms with van der Waals surface area (Å²) in [5, 5.41) is 3.70. The molecule has 0 aliphatic heterocycles. The van der Waals surface area contributed by atoms with Gasteiger partial charge >= 0.3 is 0 Å². The Morgan fingerprint density at radius 3 is 2.86 bits per heavy atom. The van der Waals surface area contributed by atoms with Gasteiger partial charge in [0.2, 0.25) is 5.16 Å². The van der Waals surface area contributed by atoms with Crippen molar-refractivity contribution in [3.63, 3.8) is 0 Å². The summed E-state index contributed by atoms with van der Waals surface area (Å²) in [6, 6.07) is 0.557. The molecule has 1 aliphatic rings. The van der Waals surface area contributed by atoms with E-state index < -0.39 is 10.8 Å². The molecular weight excluding hydrogens is 198 g/mol. The molecule has 0 radical (unpaired) electrons. The fraction of sp³-hybridized carbons (Fsp3) is 0.556. The van der Waals surface area contributed by atoms with Crippen molar-refractivity contribution in [1.29, 1.82) is 0 Å². The minimum atomic E-state index is -1.10. The highest BCUT2D eigenvalue weighted by molar-refractivity contribution is 7.84. The van der Waals surface area contributed by atoms with Crippen LogP contribution in [0.25, 0.3) is 0 Å². The molecule has 4 nitrogen and oxygen atoms in total. The Hall–Kier alpha value is -0.970.